The zero-order valence-corrected chi connectivity index (χ0v) is 40.0. The maximum atomic E-state index is 13.9. The molecule has 11 aromatic rings. The fourth-order valence-corrected chi connectivity index (χ4v) is 10.7. The number of fused-ring (bicyclic) bond motifs is 1. The molecular formula is C66H47N3O2S. The van der Waals surface area contributed by atoms with Crippen LogP contribution >= 0.6 is 0 Å². The topological polar surface area (TPSA) is 43.9 Å². The third-order valence-corrected chi connectivity index (χ3v) is 14.5. The molecule has 344 valence electrons. The standard InChI is InChI=1S/C66H47N3O2S/c70-72(71,63-28-14-5-15-29-63)65-31-17-19-53-18-16-30-64(66(53)65)52-38-34-50(35-39-52)32-33-51-36-40-58(41-37-51)69(61-46-42-59(43-47-61)67(54-20-6-1-7-21-54)55-22-8-2-9-23-55)62-48-44-60(45-49-62)68(56-24-10-3-11-25-56)57-26-12-4-13-27-57/h1-31,34-49H. The molecule has 0 saturated heterocycles. The van der Waals surface area contributed by atoms with Crippen LogP contribution in [0.2, 0.25) is 0 Å². The Hall–Kier alpha value is -9.41. The van der Waals surface area contributed by atoms with E-state index in [0.717, 1.165) is 78.8 Å². The summed E-state index contributed by atoms with van der Waals surface area (Å²) >= 11 is 0. The van der Waals surface area contributed by atoms with Gasteiger partial charge in [-0.15, -0.1) is 0 Å². The monoisotopic (exact) mass is 945 g/mol. The summed E-state index contributed by atoms with van der Waals surface area (Å²) in [5.74, 6) is 6.75. The smallest absolute Gasteiger partial charge is 0.207 e. The summed E-state index contributed by atoms with van der Waals surface area (Å²) < 4.78 is 27.9. The highest BCUT2D eigenvalue weighted by Crippen LogP contribution is 2.42. The van der Waals surface area contributed by atoms with Crippen LogP contribution in [0.3, 0.4) is 0 Å². The van der Waals surface area contributed by atoms with Crippen LogP contribution < -0.4 is 14.7 Å². The lowest BCUT2D eigenvalue weighted by molar-refractivity contribution is 0.597. The van der Waals surface area contributed by atoms with Crippen molar-refractivity contribution >= 4 is 71.8 Å². The summed E-state index contributed by atoms with van der Waals surface area (Å²) in [6, 6.07) is 95.6. The SMILES string of the molecule is O=S(=O)(c1ccccc1)c1cccc2cccc(-c3ccc(C#Cc4ccc(N(c5ccc(N(c6ccccc6)c6ccccc6)cc5)c5ccc(N(c6ccccc6)c6ccccc6)cc5)cc4)cc3)c12. The molecule has 0 radical (unpaired) electrons. The van der Waals surface area contributed by atoms with Crippen molar-refractivity contribution in [1.29, 1.82) is 0 Å². The highest BCUT2D eigenvalue weighted by molar-refractivity contribution is 7.91. The normalized spacial score (nSPS) is 11.1. The van der Waals surface area contributed by atoms with E-state index >= 15 is 0 Å². The minimum atomic E-state index is -3.76. The quantitative estimate of drug-likeness (QED) is 0.114. The fraction of sp³-hybridized carbons (Fsp3) is 0. The number of hydrogen-bond donors (Lipinski definition) is 0. The van der Waals surface area contributed by atoms with Crippen LogP contribution in [-0.2, 0) is 9.84 Å². The van der Waals surface area contributed by atoms with Gasteiger partial charge in [-0.3, -0.25) is 0 Å². The molecule has 0 aromatic heterocycles. The van der Waals surface area contributed by atoms with Gasteiger partial charge < -0.3 is 14.7 Å². The van der Waals surface area contributed by atoms with Crippen LogP contribution in [0.1, 0.15) is 11.1 Å². The maximum absolute atomic E-state index is 13.9. The first-order chi connectivity index (χ1) is 35.5. The average Bonchev–Trinajstić information content (AvgIpc) is 3.45. The number of rotatable bonds is 12. The molecule has 0 aliphatic rings. The average molecular weight is 946 g/mol. The van der Waals surface area contributed by atoms with Gasteiger partial charge in [0.1, 0.15) is 0 Å². The Bertz CT molecular complexity index is 3560. The van der Waals surface area contributed by atoms with E-state index in [9.17, 15) is 8.42 Å². The summed E-state index contributed by atoms with van der Waals surface area (Å²) in [7, 11) is -3.76. The molecule has 0 amide bonds. The molecule has 0 aliphatic heterocycles. The number of sulfone groups is 1. The molecule has 11 rings (SSSR count). The second-order valence-electron chi connectivity index (χ2n) is 17.2. The van der Waals surface area contributed by atoms with Crippen molar-refractivity contribution in [3.8, 4) is 23.0 Å². The van der Waals surface area contributed by atoms with Crippen LogP contribution in [0.4, 0.5) is 51.2 Å². The number of benzene rings is 11. The predicted molar refractivity (Wildman–Crippen MR) is 298 cm³/mol. The molecule has 0 N–H and O–H groups in total. The van der Waals surface area contributed by atoms with E-state index in [1.807, 2.05) is 78.9 Å². The van der Waals surface area contributed by atoms with E-state index in [-0.39, 0.29) is 9.79 Å². The Morgan fingerprint density at radius 1 is 0.278 bits per heavy atom. The van der Waals surface area contributed by atoms with Crippen LogP contribution in [0.25, 0.3) is 21.9 Å². The molecule has 5 nitrogen and oxygen atoms in total. The number of anilines is 9. The van der Waals surface area contributed by atoms with E-state index in [0.29, 0.717) is 5.39 Å². The van der Waals surface area contributed by atoms with Crippen molar-refractivity contribution in [1.82, 2.24) is 0 Å². The van der Waals surface area contributed by atoms with Gasteiger partial charge >= 0.3 is 0 Å². The largest absolute Gasteiger partial charge is 0.311 e. The van der Waals surface area contributed by atoms with Gasteiger partial charge in [0, 0.05) is 67.7 Å². The maximum Gasteiger partial charge on any atom is 0.207 e. The molecule has 0 aliphatic carbocycles. The lowest BCUT2D eigenvalue weighted by Gasteiger charge is -2.29. The molecule has 72 heavy (non-hydrogen) atoms. The second-order valence-corrected chi connectivity index (χ2v) is 19.1. The first-order valence-corrected chi connectivity index (χ1v) is 25.3. The first kappa shape index (κ1) is 45.1. The summed E-state index contributed by atoms with van der Waals surface area (Å²) in [6.07, 6.45) is 0. The lowest BCUT2D eigenvalue weighted by Crippen LogP contribution is -2.13. The van der Waals surface area contributed by atoms with Gasteiger partial charge in [0.25, 0.3) is 0 Å². The molecular weight excluding hydrogens is 899 g/mol. The van der Waals surface area contributed by atoms with Crippen LogP contribution in [0, 0.1) is 11.8 Å². The number of nitrogens with zero attached hydrogens (tertiary/aromatic N) is 3. The number of para-hydroxylation sites is 4. The Morgan fingerprint density at radius 3 is 0.958 bits per heavy atom. The summed E-state index contributed by atoms with van der Waals surface area (Å²) in [5.41, 5.74) is 12.9. The van der Waals surface area contributed by atoms with Gasteiger partial charge in [-0.05, 0) is 168 Å². The highest BCUT2D eigenvalue weighted by Gasteiger charge is 2.23. The first-order valence-electron chi connectivity index (χ1n) is 23.8. The molecule has 0 unspecified atom stereocenters. The van der Waals surface area contributed by atoms with E-state index in [2.05, 4.69) is 196 Å². The van der Waals surface area contributed by atoms with Crippen LogP contribution in [0.15, 0.2) is 295 Å². The van der Waals surface area contributed by atoms with Crippen molar-refractivity contribution < 1.29 is 8.42 Å². The third-order valence-electron chi connectivity index (χ3n) is 12.7. The van der Waals surface area contributed by atoms with Gasteiger partial charge in [0.05, 0.1) is 9.79 Å². The Morgan fingerprint density at radius 2 is 0.583 bits per heavy atom. The van der Waals surface area contributed by atoms with Crippen LogP contribution in [-0.4, -0.2) is 8.42 Å². The Labute approximate surface area is 421 Å². The molecule has 0 bridgehead atoms. The zero-order chi connectivity index (χ0) is 48.7. The van der Waals surface area contributed by atoms with E-state index in [1.165, 1.54) is 0 Å². The van der Waals surface area contributed by atoms with Gasteiger partial charge in [0.2, 0.25) is 9.84 Å². The second kappa shape index (κ2) is 20.3. The predicted octanol–water partition coefficient (Wildman–Crippen LogP) is 17.1. The zero-order valence-electron chi connectivity index (χ0n) is 39.2. The Balaban J connectivity index is 0.913. The van der Waals surface area contributed by atoms with Gasteiger partial charge in [0.15, 0.2) is 0 Å². The minimum absolute atomic E-state index is 0.270. The van der Waals surface area contributed by atoms with Crippen molar-refractivity contribution in [2.75, 3.05) is 14.7 Å². The lowest BCUT2D eigenvalue weighted by atomic mass is 9.97. The van der Waals surface area contributed by atoms with Crippen molar-refractivity contribution in [3.05, 3.63) is 296 Å². The molecule has 6 heteroatoms. The molecule has 0 saturated carbocycles. The van der Waals surface area contributed by atoms with E-state index in [4.69, 9.17) is 0 Å². The van der Waals surface area contributed by atoms with E-state index < -0.39 is 9.84 Å². The van der Waals surface area contributed by atoms with Crippen molar-refractivity contribution in [2.24, 2.45) is 0 Å². The minimum Gasteiger partial charge on any atom is -0.311 e. The van der Waals surface area contributed by atoms with Crippen molar-refractivity contribution in [3.63, 3.8) is 0 Å². The fourth-order valence-electron chi connectivity index (χ4n) is 9.22. The molecule has 0 fully saturated rings. The van der Waals surface area contributed by atoms with E-state index in [1.54, 1.807) is 36.4 Å². The van der Waals surface area contributed by atoms with Gasteiger partial charge in [-0.2, -0.15) is 0 Å². The van der Waals surface area contributed by atoms with Crippen LogP contribution in [0.5, 0.6) is 0 Å². The molecule has 0 heterocycles. The summed E-state index contributed by atoms with van der Waals surface area (Å²) in [5, 5.41) is 1.56. The summed E-state index contributed by atoms with van der Waals surface area (Å²) in [4.78, 5) is 7.37. The van der Waals surface area contributed by atoms with Gasteiger partial charge in [-0.25, -0.2) is 8.42 Å². The third kappa shape index (κ3) is 9.36. The molecule has 0 atom stereocenters. The molecule has 11 aromatic carbocycles. The van der Waals surface area contributed by atoms with Gasteiger partial charge in [-0.1, -0.05) is 145 Å². The highest BCUT2D eigenvalue weighted by atomic mass is 32.2. The molecule has 0 spiro atoms. The summed E-state index contributed by atoms with van der Waals surface area (Å²) in [6.45, 7) is 0. The number of hydrogen-bond acceptors (Lipinski definition) is 5. The van der Waals surface area contributed by atoms with Crippen molar-refractivity contribution in [2.45, 2.75) is 9.79 Å². The Kier molecular flexibility index (Phi) is 12.7.